The average molecular weight is 438 g/mol. The maximum atomic E-state index is 9.09. The summed E-state index contributed by atoms with van der Waals surface area (Å²) in [6.45, 7) is 0. The van der Waals surface area contributed by atoms with Crippen molar-refractivity contribution in [2.75, 3.05) is 0 Å². The van der Waals surface area contributed by atoms with Crippen molar-refractivity contribution in [3.63, 3.8) is 0 Å². The van der Waals surface area contributed by atoms with Crippen LogP contribution in [-0.2, 0) is 0 Å². The highest BCUT2D eigenvalue weighted by atomic mass is 79.9. The number of nitrogens with zero attached hydrogens (tertiary/aromatic N) is 5. The normalized spacial score (nSPS) is 10.9. The van der Waals surface area contributed by atoms with Gasteiger partial charge in [0.25, 0.3) is 0 Å². The second kappa shape index (κ2) is 7.04. The Bertz CT molecular complexity index is 1420. The van der Waals surface area contributed by atoms with E-state index < -0.39 is 0 Å². The number of halogens is 1. The molecule has 0 aliphatic rings. The Morgan fingerprint density at radius 1 is 0.690 bits per heavy atom. The molecular weight excluding hydrogens is 426 g/mol. The van der Waals surface area contributed by atoms with Crippen molar-refractivity contribution in [1.82, 2.24) is 19.9 Å². The molecule has 5 nitrogen and oxygen atoms in total. The zero-order valence-corrected chi connectivity index (χ0v) is 16.6. The first-order chi connectivity index (χ1) is 14.2. The maximum Gasteiger partial charge on any atom is 0.198 e. The van der Waals surface area contributed by atoms with Gasteiger partial charge in [0.05, 0.1) is 23.0 Å². The molecule has 0 aliphatic heterocycles. The molecule has 0 fully saturated rings. The summed E-state index contributed by atoms with van der Waals surface area (Å²) in [4.78, 5) is 18.1. The Morgan fingerprint density at radius 3 is 1.97 bits per heavy atom. The Hall–Kier alpha value is -3.69. The molecule has 5 aromatic rings. The molecule has 0 saturated carbocycles. The Morgan fingerprint density at radius 2 is 1.28 bits per heavy atom. The number of hydrogen-bond donors (Lipinski definition) is 0. The van der Waals surface area contributed by atoms with Crippen LogP contribution in [0.15, 0.2) is 77.5 Å². The van der Waals surface area contributed by atoms with Gasteiger partial charge in [-0.3, -0.25) is 0 Å². The van der Waals surface area contributed by atoms with Crippen molar-refractivity contribution in [2.45, 2.75) is 0 Å². The predicted octanol–water partition coefficient (Wildman–Crippen LogP) is 5.54. The molecule has 136 valence electrons. The van der Waals surface area contributed by atoms with E-state index in [1.807, 2.05) is 24.3 Å². The van der Waals surface area contributed by atoms with Crippen molar-refractivity contribution in [3.8, 4) is 28.6 Å². The van der Waals surface area contributed by atoms with Gasteiger partial charge in [-0.05, 0) is 41.1 Å². The van der Waals surface area contributed by atoms with Gasteiger partial charge in [-0.1, -0.05) is 46.3 Å². The molecule has 6 heteroatoms. The van der Waals surface area contributed by atoms with Gasteiger partial charge in [0.15, 0.2) is 11.3 Å². The SMILES string of the molecule is N#Cc1ccc(-c2nc3nccnc3nc2-c2ccc3cc(Br)ccc3c2)cc1. The number of rotatable bonds is 2. The molecule has 0 atom stereocenters. The van der Waals surface area contributed by atoms with Crippen LogP contribution in [0.4, 0.5) is 0 Å². The summed E-state index contributed by atoms with van der Waals surface area (Å²) in [6, 6.07) is 21.8. The van der Waals surface area contributed by atoms with Crippen LogP contribution in [0.25, 0.3) is 44.6 Å². The summed E-state index contributed by atoms with van der Waals surface area (Å²) in [7, 11) is 0. The van der Waals surface area contributed by atoms with Gasteiger partial charge >= 0.3 is 0 Å². The minimum absolute atomic E-state index is 0.486. The van der Waals surface area contributed by atoms with Gasteiger partial charge in [-0.25, -0.2) is 19.9 Å². The van der Waals surface area contributed by atoms with Crippen LogP contribution in [0.1, 0.15) is 5.56 Å². The van der Waals surface area contributed by atoms with Crippen molar-refractivity contribution >= 4 is 38.0 Å². The summed E-state index contributed by atoms with van der Waals surface area (Å²) in [5.74, 6) is 0. The van der Waals surface area contributed by atoms with E-state index in [-0.39, 0.29) is 0 Å². The van der Waals surface area contributed by atoms with E-state index in [2.05, 4.69) is 56.2 Å². The standard InChI is InChI=1S/C23H12BrN5/c24-19-8-7-16-11-18(6-5-17(16)12-19)21-20(15-3-1-14(13-25)2-4-15)28-22-23(29-21)27-10-9-26-22/h1-12H. The summed E-state index contributed by atoms with van der Waals surface area (Å²) < 4.78 is 1.04. The third kappa shape index (κ3) is 3.22. The minimum atomic E-state index is 0.486. The minimum Gasteiger partial charge on any atom is -0.232 e. The Kier molecular flexibility index (Phi) is 4.23. The van der Waals surface area contributed by atoms with Crippen LogP contribution >= 0.6 is 15.9 Å². The molecule has 0 unspecified atom stereocenters. The first-order valence-electron chi connectivity index (χ1n) is 8.90. The van der Waals surface area contributed by atoms with Crippen LogP contribution < -0.4 is 0 Å². The van der Waals surface area contributed by atoms with Crippen LogP contribution in [-0.4, -0.2) is 19.9 Å². The fourth-order valence-corrected chi connectivity index (χ4v) is 3.65. The lowest BCUT2D eigenvalue weighted by molar-refractivity contribution is 1.16. The third-order valence-electron chi connectivity index (χ3n) is 4.68. The highest BCUT2D eigenvalue weighted by Gasteiger charge is 2.15. The lowest BCUT2D eigenvalue weighted by Crippen LogP contribution is -1.98. The summed E-state index contributed by atoms with van der Waals surface area (Å²) in [5, 5.41) is 11.3. The van der Waals surface area contributed by atoms with E-state index in [4.69, 9.17) is 15.2 Å². The zero-order chi connectivity index (χ0) is 19.8. The molecular formula is C23H12BrN5. The van der Waals surface area contributed by atoms with Gasteiger partial charge in [-0.15, -0.1) is 0 Å². The van der Waals surface area contributed by atoms with Crippen LogP contribution in [0, 0.1) is 11.3 Å². The Balaban J connectivity index is 1.77. The number of hydrogen-bond acceptors (Lipinski definition) is 5. The van der Waals surface area contributed by atoms with E-state index >= 15 is 0 Å². The van der Waals surface area contributed by atoms with E-state index in [1.165, 1.54) is 0 Å². The quantitative estimate of drug-likeness (QED) is 0.362. The van der Waals surface area contributed by atoms with Crippen LogP contribution in [0.5, 0.6) is 0 Å². The monoisotopic (exact) mass is 437 g/mol. The largest absolute Gasteiger partial charge is 0.232 e. The summed E-state index contributed by atoms with van der Waals surface area (Å²) in [6.07, 6.45) is 3.22. The first-order valence-corrected chi connectivity index (χ1v) is 9.69. The molecule has 2 heterocycles. The molecule has 0 amide bonds. The van der Waals surface area contributed by atoms with E-state index in [0.717, 1.165) is 32.1 Å². The van der Waals surface area contributed by atoms with Gasteiger partial charge < -0.3 is 0 Å². The highest BCUT2D eigenvalue weighted by molar-refractivity contribution is 9.10. The van der Waals surface area contributed by atoms with Crippen LogP contribution in [0.2, 0.25) is 0 Å². The van der Waals surface area contributed by atoms with Gasteiger partial charge in [-0.2, -0.15) is 5.26 Å². The molecule has 29 heavy (non-hydrogen) atoms. The summed E-state index contributed by atoms with van der Waals surface area (Å²) >= 11 is 3.52. The number of aromatic nitrogens is 4. The van der Waals surface area contributed by atoms with E-state index in [1.54, 1.807) is 24.5 Å². The maximum absolute atomic E-state index is 9.09. The van der Waals surface area contributed by atoms with Gasteiger partial charge in [0.2, 0.25) is 0 Å². The van der Waals surface area contributed by atoms with Gasteiger partial charge in [0, 0.05) is 28.0 Å². The molecule has 5 rings (SSSR count). The lowest BCUT2D eigenvalue weighted by atomic mass is 10.0. The number of benzene rings is 3. The van der Waals surface area contributed by atoms with E-state index in [0.29, 0.717) is 22.6 Å². The van der Waals surface area contributed by atoms with Crippen molar-refractivity contribution in [2.24, 2.45) is 0 Å². The fraction of sp³-hybridized carbons (Fsp3) is 0. The molecule has 2 aromatic heterocycles. The smallest absolute Gasteiger partial charge is 0.198 e. The Labute approximate surface area is 174 Å². The third-order valence-corrected chi connectivity index (χ3v) is 5.18. The molecule has 3 aromatic carbocycles. The molecule has 0 saturated heterocycles. The molecule has 0 N–H and O–H groups in total. The highest BCUT2D eigenvalue weighted by Crippen LogP contribution is 2.32. The molecule has 0 aliphatic carbocycles. The zero-order valence-electron chi connectivity index (χ0n) is 15.0. The van der Waals surface area contributed by atoms with Crippen LogP contribution in [0.3, 0.4) is 0 Å². The molecule has 0 spiro atoms. The predicted molar refractivity (Wildman–Crippen MR) is 116 cm³/mol. The number of fused-ring (bicyclic) bond motifs is 2. The second-order valence-corrected chi connectivity index (χ2v) is 7.44. The topological polar surface area (TPSA) is 75.3 Å². The molecule has 0 bridgehead atoms. The fourth-order valence-electron chi connectivity index (χ4n) is 3.27. The molecule has 0 radical (unpaired) electrons. The average Bonchev–Trinajstić information content (AvgIpc) is 2.78. The lowest BCUT2D eigenvalue weighted by Gasteiger charge is -2.11. The van der Waals surface area contributed by atoms with Gasteiger partial charge in [0.1, 0.15) is 0 Å². The number of nitriles is 1. The first kappa shape index (κ1) is 17.4. The second-order valence-electron chi connectivity index (χ2n) is 6.52. The van der Waals surface area contributed by atoms with Crippen molar-refractivity contribution in [1.29, 1.82) is 5.26 Å². The van der Waals surface area contributed by atoms with E-state index in [9.17, 15) is 0 Å². The van der Waals surface area contributed by atoms with Crippen molar-refractivity contribution < 1.29 is 0 Å². The summed E-state index contributed by atoms with van der Waals surface area (Å²) in [5.41, 5.74) is 4.83. The van der Waals surface area contributed by atoms with Crippen molar-refractivity contribution in [3.05, 3.63) is 83.1 Å².